The van der Waals surface area contributed by atoms with Crippen molar-refractivity contribution in [3.63, 3.8) is 0 Å². The second-order valence-electron chi connectivity index (χ2n) is 9.82. The van der Waals surface area contributed by atoms with Gasteiger partial charge in [0.15, 0.2) is 21.6 Å². The maximum absolute atomic E-state index is 13.0. The molecule has 0 saturated carbocycles. The predicted octanol–water partition coefficient (Wildman–Crippen LogP) is 6.46. The minimum Gasteiger partial charge on any atom is -0.504 e. The molecule has 0 spiro atoms. The molecule has 188 valence electrons. The summed E-state index contributed by atoms with van der Waals surface area (Å²) in [6, 6.07) is 2.27. The van der Waals surface area contributed by atoms with Crippen LogP contribution in [-0.4, -0.2) is 39.2 Å². The average molecular weight is 544 g/mol. The molecule has 3 N–H and O–H groups in total. The predicted molar refractivity (Wildman–Crippen MR) is 143 cm³/mol. The zero-order chi connectivity index (χ0) is 25.4. The van der Waals surface area contributed by atoms with Crippen LogP contribution in [0.3, 0.4) is 0 Å². The first-order valence-corrected chi connectivity index (χ1v) is 14.9. The van der Waals surface area contributed by atoms with Gasteiger partial charge in [0.1, 0.15) is 0 Å². The van der Waals surface area contributed by atoms with Gasteiger partial charge < -0.3 is 15.7 Å². The summed E-state index contributed by atoms with van der Waals surface area (Å²) < 4.78 is 35.9. The van der Waals surface area contributed by atoms with E-state index in [9.17, 15) is 13.5 Å². The van der Waals surface area contributed by atoms with Crippen LogP contribution in [0.2, 0.25) is 0 Å². The van der Waals surface area contributed by atoms with Crippen LogP contribution in [0.25, 0.3) is 0 Å². The summed E-state index contributed by atoms with van der Waals surface area (Å²) >= 11 is 3.74. The highest BCUT2D eigenvalue weighted by Crippen LogP contribution is 2.42. The molecule has 0 fully saturated rings. The van der Waals surface area contributed by atoms with E-state index < -0.39 is 15.6 Å². The molecule has 0 aliphatic heterocycles. The molecular weight excluding hydrogens is 511 g/mol. The smallest absolute Gasteiger partial charge is 0.256 e. The molecule has 34 heavy (non-hydrogen) atoms. The molecule has 12 heteroatoms. The lowest BCUT2D eigenvalue weighted by Crippen LogP contribution is -2.42. The Kier molecular flexibility index (Phi) is 7.98. The highest BCUT2D eigenvalue weighted by molar-refractivity contribution is 7.91. The van der Waals surface area contributed by atoms with Gasteiger partial charge in [0, 0.05) is 22.8 Å². The zero-order valence-electron chi connectivity index (χ0n) is 20.7. The van der Waals surface area contributed by atoms with Gasteiger partial charge in [-0.3, -0.25) is 0 Å². The number of nitrogens with one attached hydrogen (secondary N) is 2. The third-order valence-corrected chi connectivity index (χ3v) is 10.8. The SMILES string of the molecule is CC(C)c1csc([C@H](Nc2nsnc2Nc2csc(S(=O)(=O)N(C)C(C)(C)C)c2O)C(C)C)c1. The largest absolute Gasteiger partial charge is 0.504 e. The van der Waals surface area contributed by atoms with Crippen LogP contribution in [0, 0.1) is 5.92 Å². The van der Waals surface area contributed by atoms with E-state index in [0.717, 1.165) is 23.1 Å². The Labute approximate surface area is 214 Å². The molecule has 1 atom stereocenters. The maximum Gasteiger partial charge on any atom is 0.256 e. The van der Waals surface area contributed by atoms with Crippen LogP contribution in [-0.2, 0) is 10.0 Å². The van der Waals surface area contributed by atoms with Gasteiger partial charge in [-0.15, -0.1) is 22.7 Å². The molecular formula is C22H33N5O3S4. The van der Waals surface area contributed by atoms with Crippen LogP contribution >= 0.6 is 34.4 Å². The molecule has 0 amide bonds. The standard InChI is InChI=1S/C22H33N5O3S4/c1-12(2)14-9-16(31-10-14)17(13(3)4)24-20-19(25-33-26-20)23-15-11-32-21(18(15)28)34(29,30)27(8)22(5,6)7/h9-13,17,28H,1-8H3,(H,23,25)(H,24,26)/t17-/m1/s1. The fourth-order valence-electron chi connectivity index (χ4n) is 3.13. The molecule has 0 unspecified atom stereocenters. The molecule has 0 aliphatic rings. The molecule has 3 aromatic rings. The molecule has 0 aliphatic carbocycles. The van der Waals surface area contributed by atoms with Gasteiger partial charge in [-0.1, -0.05) is 27.7 Å². The van der Waals surface area contributed by atoms with E-state index >= 15 is 0 Å². The second-order valence-corrected chi connectivity index (χ2v) is 14.3. The third-order valence-electron chi connectivity index (χ3n) is 5.59. The van der Waals surface area contributed by atoms with E-state index in [1.807, 2.05) is 0 Å². The summed E-state index contributed by atoms with van der Waals surface area (Å²) in [5.74, 6) is 1.44. The minimum absolute atomic E-state index is 0.0365. The van der Waals surface area contributed by atoms with Crippen molar-refractivity contribution in [2.45, 2.75) is 70.2 Å². The van der Waals surface area contributed by atoms with Gasteiger partial charge >= 0.3 is 0 Å². The summed E-state index contributed by atoms with van der Waals surface area (Å²) in [5, 5.41) is 21.1. The fraction of sp³-hybridized carbons (Fsp3) is 0.545. The number of hydrogen-bond acceptors (Lipinski definition) is 10. The summed E-state index contributed by atoms with van der Waals surface area (Å²) in [5.41, 5.74) is 0.960. The van der Waals surface area contributed by atoms with E-state index in [2.05, 4.69) is 58.5 Å². The Bertz CT molecular complexity index is 1220. The summed E-state index contributed by atoms with van der Waals surface area (Å²) in [7, 11) is -2.34. The number of aromatic hydroxyl groups is 1. The lowest BCUT2D eigenvalue weighted by molar-refractivity contribution is 0.291. The summed E-state index contributed by atoms with van der Waals surface area (Å²) in [6.45, 7) is 14.1. The van der Waals surface area contributed by atoms with Crippen LogP contribution < -0.4 is 10.6 Å². The van der Waals surface area contributed by atoms with E-state index in [1.54, 1.807) is 37.5 Å². The molecule has 0 aromatic carbocycles. The van der Waals surface area contributed by atoms with E-state index in [1.165, 1.54) is 21.8 Å². The summed E-state index contributed by atoms with van der Waals surface area (Å²) in [4.78, 5) is 1.22. The van der Waals surface area contributed by atoms with Gasteiger partial charge in [0.2, 0.25) is 0 Å². The Hall–Kier alpha value is -1.73. The lowest BCUT2D eigenvalue weighted by atomic mass is 10.00. The van der Waals surface area contributed by atoms with Crippen molar-refractivity contribution in [2.75, 3.05) is 17.7 Å². The van der Waals surface area contributed by atoms with Crippen LogP contribution in [0.5, 0.6) is 5.75 Å². The number of sulfonamides is 1. The van der Waals surface area contributed by atoms with Gasteiger partial charge in [-0.05, 0) is 49.6 Å². The quantitative estimate of drug-likeness (QED) is 0.284. The van der Waals surface area contributed by atoms with Gasteiger partial charge in [0.25, 0.3) is 10.0 Å². The molecule has 0 bridgehead atoms. The Morgan fingerprint density at radius 2 is 1.71 bits per heavy atom. The molecule has 0 saturated heterocycles. The zero-order valence-corrected chi connectivity index (χ0v) is 24.0. The van der Waals surface area contributed by atoms with Crippen molar-refractivity contribution in [1.29, 1.82) is 0 Å². The van der Waals surface area contributed by atoms with E-state index in [0.29, 0.717) is 23.5 Å². The molecule has 8 nitrogen and oxygen atoms in total. The first kappa shape index (κ1) is 26.9. The minimum atomic E-state index is -3.85. The van der Waals surface area contributed by atoms with Crippen molar-refractivity contribution in [3.05, 3.63) is 27.3 Å². The number of rotatable bonds is 9. The average Bonchev–Trinajstić information content (AvgIpc) is 3.46. The third kappa shape index (κ3) is 5.56. The van der Waals surface area contributed by atoms with Crippen molar-refractivity contribution in [1.82, 2.24) is 13.1 Å². The number of thiophene rings is 2. The topological polar surface area (TPSA) is 107 Å². The maximum atomic E-state index is 13.0. The van der Waals surface area contributed by atoms with E-state index in [4.69, 9.17) is 0 Å². The lowest BCUT2D eigenvalue weighted by Gasteiger charge is -2.30. The summed E-state index contributed by atoms with van der Waals surface area (Å²) in [6.07, 6.45) is 0. The highest BCUT2D eigenvalue weighted by Gasteiger charge is 2.34. The fourth-order valence-corrected chi connectivity index (χ4v) is 7.81. The molecule has 3 aromatic heterocycles. The second kappa shape index (κ2) is 10.1. The number of aromatic nitrogens is 2. The Morgan fingerprint density at radius 3 is 2.26 bits per heavy atom. The Morgan fingerprint density at radius 1 is 1.06 bits per heavy atom. The Balaban J connectivity index is 1.85. The number of nitrogens with zero attached hydrogens (tertiary/aromatic N) is 3. The highest BCUT2D eigenvalue weighted by atomic mass is 32.2. The van der Waals surface area contributed by atoms with Gasteiger partial charge in [-0.2, -0.15) is 13.1 Å². The van der Waals surface area contributed by atoms with Crippen molar-refractivity contribution < 1.29 is 13.5 Å². The number of hydrogen-bond donors (Lipinski definition) is 3. The first-order valence-electron chi connectivity index (χ1n) is 11.0. The van der Waals surface area contributed by atoms with Crippen LogP contribution in [0.4, 0.5) is 17.3 Å². The van der Waals surface area contributed by atoms with Gasteiger partial charge in [0.05, 0.1) is 23.5 Å². The molecule has 0 radical (unpaired) electrons. The molecule has 3 rings (SSSR count). The van der Waals surface area contributed by atoms with Crippen molar-refractivity contribution in [3.8, 4) is 5.75 Å². The van der Waals surface area contributed by atoms with Crippen molar-refractivity contribution >= 4 is 61.7 Å². The van der Waals surface area contributed by atoms with Crippen LogP contribution in [0.1, 0.15) is 70.9 Å². The van der Waals surface area contributed by atoms with Crippen LogP contribution in [0.15, 0.2) is 21.0 Å². The monoisotopic (exact) mass is 543 g/mol. The van der Waals surface area contributed by atoms with E-state index in [-0.39, 0.29) is 21.7 Å². The number of anilines is 3. The first-order chi connectivity index (χ1) is 15.7. The van der Waals surface area contributed by atoms with Crippen molar-refractivity contribution in [2.24, 2.45) is 5.92 Å². The normalized spacial score (nSPS) is 13.7. The molecule has 3 heterocycles. The van der Waals surface area contributed by atoms with Gasteiger partial charge in [-0.25, -0.2) is 8.42 Å².